The fourth-order valence-electron chi connectivity index (χ4n) is 2.53. The zero-order valence-corrected chi connectivity index (χ0v) is 13.0. The number of carbonyl (C=O) groups is 1. The third-order valence-electron chi connectivity index (χ3n) is 3.71. The lowest BCUT2D eigenvalue weighted by Gasteiger charge is -2.19. The van der Waals surface area contributed by atoms with Crippen molar-refractivity contribution < 1.29 is 4.79 Å². The van der Waals surface area contributed by atoms with Crippen molar-refractivity contribution in [3.63, 3.8) is 0 Å². The molecule has 5 heteroatoms. The Morgan fingerprint density at radius 3 is 2.71 bits per heavy atom. The number of amides is 1. The van der Waals surface area contributed by atoms with Crippen LogP contribution in [0.15, 0.2) is 24.4 Å². The van der Waals surface area contributed by atoms with Crippen molar-refractivity contribution in [1.29, 1.82) is 0 Å². The summed E-state index contributed by atoms with van der Waals surface area (Å²) in [7, 11) is 0. The molecule has 0 unspecified atom stereocenters. The summed E-state index contributed by atoms with van der Waals surface area (Å²) in [4.78, 5) is 12.3. The summed E-state index contributed by atoms with van der Waals surface area (Å²) in [5.74, 6) is 0.945. The van der Waals surface area contributed by atoms with Gasteiger partial charge >= 0.3 is 0 Å². The molecule has 21 heavy (non-hydrogen) atoms. The molecular weight excluding hydrogens is 264 g/mol. The van der Waals surface area contributed by atoms with Gasteiger partial charge in [-0.1, -0.05) is 39.7 Å². The van der Waals surface area contributed by atoms with Crippen molar-refractivity contribution in [2.75, 3.05) is 0 Å². The van der Waals surface area contributed by atoms with Crippen molar-refractivity contribution in [3.05, 3.63) is 30.2 Å². The van der Waals surface area contributed by atoms with E-state index in [4.69, 9.17) is 0 Å². The first-order valence-electron chi connectivity index (χ1n) is 7.77. The maximum absolute atomic E-state index is 12.3. The summed E-state index contributed by atoms with van der Waals surface area (Å²) < 4.78 is 1.95. The van der Waals surface area contributed by atoms with Crippen LogP contribution < -0.4 is 5.32 Å². The largest absolute Gasteiger partial charge is 0.346 e. The van der Waals surface area contributed by atoms with Crippen LogP contribution in [-0.4, -0.2) is 20.5 Å². The molecule has 5 nitrogen and oxygen atoms in total. The maximum atomic E-state index is 12.3. The van der Waals surface area contributed by atoms with Gasteiger partial charge in [-0.15, -0.1) is 10.2 Å². The van der Waals surface area contributed by atoms with E-state index in [0.717, 1.165) is 37.2 Å². The second kappa shape index (κ2) is 7.20. The lowest BCUT2D eigenvalue weighted by atomic mass is 10.0. The number of hydrogen-bond donors (Lipinski definition) is 1. The van der Waals surface area contributed by atoms with Gasteiger partial charge in [0.15, 0.2) is 11.5 Å². The van der Waals surface area contributed by atoms with Crippen molar-refractivity contribution in [2.45, 2.75) is 52.5 Å². The van der Waals surface area contributed by atoms with E-state index in [2.05, 4.69) is 29.4 Å². The second-order valence-corrected chi connectivity index (χ2v) is 5.53. The quantitative estimate of drug-likeness (QED) is 0.851. The van der Waals surface area contributed by atoms with Crippen LogP contribution in [0.1, 0.15) is 58.3 Å². The molecule has 0 aliphatic rings. The van der Waals surface area contributed by atoms with Gasteiger partial charge in [0.2, 0.25) is 5.91 Å². The maximum Gasteiger partial charge on any atom is 0.223 e. The highest BCUT2D eigenvalue weighted by Crippen LogP contribution is 2.19. The minimum Gasteiger partial charge on any atom is -0.346 e. The predicted molar refractivity (Wildman–Crippen MR) is 82.9 cm³/mol. The van der Waals surface area contributed by atoms with Gasteiger partial charge in [0, 0.05) is 12.1 Å². The number of carbonyl (C=O) groups excluding carboxylic acids is 1. The lowest BCUT2D eigenvalue weighted by Crippen LogP contribution is -2.33. The van der Waals surface area contributed by atoms with Crippen LogP contribution in [0.5, 0.6) is 0 Å². The van der Waals surface area contributed by atoms with E-state index in [9.17, 15) is 4.79 Å². The molecule has 0 spiro atoms. The Kier molecular flexibility index (Phi) is 5.31. The fourth-order valence-corrected chi connectivity index (χ4v) is 2.53. The molecule has 0 aliphatic heterocycles. The molecule has 0 saturated heterocycles. The molecule has 0 saturated carbocycles. The van der Waals surface area contributed by atoms with Crippen molar-refractivity contribution in [2.24, 2.45) is 5.92 Å². The molecule has 0 bridgehead atoms. The number of hydrogen-bond acceptors (Lipinski definition) is 3. The molecule has 0 fully saturated rings. The number of rotatable bonds is 7. The number of nitrogens with one attached hydrogen (secondary N) is 1. The molecule has 114 valence electrons. The third-order valence-corrected chi connectivity index (χ3v) is 3.71. The zero-order chi connectivity index (χ0) is 15.2. The van der Waals surface area contributed by atoms with Gasteiger partial charge in [0.1, 0.15) is 0 Å². The van der Waals surface area contributed by atoms with E-state index < -0.39 is 0 Å². The second-order valence-electron chi connectivity index (χ2n) is 5.53. The Morgan fingerprint density at radius 1 is 1.24 bits per heavy atom. The zero-order valence-electron chi connectivity index (χ0n) is 13.0. The van der Waals surface area contributed by atoms with E-state index >= 15 is 0 Å². The fraction of sp³-hybridized carbons (Fsp3) is 0.562. The Labute approximate surface area is 125 Å². The summed E-state index contributed by atoms with van der Waals surface area (Å²) in [5, 5.41) is 11.6. The van der Waals surface area contributed by atoms with Crippen LogP contribution >= 0.6 is 0 Å². The van der Waals surface area contributed by atoms with E-state index in [0.29, 0.717) is 0 Å². The molecule has 0 aromatic carbocycles. The van der Waals surface area contributed by atoms with Gasteiger partial charge in [-0.3, -0.25) is 9.20 Å². The normalized spacial score (nSPS) is 14.0. The molecular formula is C16H24N4O. The molecule has 1 N–H and O–H groups in total. The molecule has 2 heterocycles. The minimum atomic E-state index is -0.0841. The Bertz CT molecular complexity index is 593. The van der Waals surface area contributed by atoms with Crippen LogP contribution in [-0.2, 0) is 4.79 Å². The van der Waals surface area contributed by atoms with Gasteiger partial charge in [-0.25, -0.2) is 0 Å². The Hall–Kier alpha value is -1.91. The Morgan fingerprint density at radius 2 is 2.00 bits per heavy atom. The molecule has 2 rings (SSSR count). The van der Waals surface area contributed by atoms with Crippen LogP contribution in [0.4, 0.5) is 0 Å². The van der Waals surface area contributed by atoms with Crippen LogP contribution in [0.25, 0.3) is 5.65 Å². The lowest BCUT2D eigenvalue weighted by molar-refractivity contribution is -0.125. The van der Waals surface area contributed by atoms with Gasteiger partial charge < -0.3 is 5.32 Å². The van der Waals surface area contributed by atoms with Crippen LogP contribution in [0, 0.1) is 5.92 Å². The summed E-state index contributed by atoms with van der Waals surface area (Å²) in [5.41, 5.74) is 0.810. The van der Waals surface area contributed by atoms with Gasteiger partial charge in [0.05, 0.1) is 6.04 Å². The first kappa shape index (κ1) is 15.5. The van der Waals surface area contributed by atoms with E-state index in [1.54, 1.807) is 0 Å². The SMILES string of the molecule is CCC[C@@H](C)C(=O)N[C@@H](CCC)c1nnc2ccccn12. The van der Waals surface area contributed by atoms with Crippen molar-refractivity contribution in [1.82, 2.24) is 19.9 Å². The highest BCUT2D eigenvalue weighted by molar-refractivity contribution is 5.78. The molecule has 0 aliphatic carbocycles. The number of nitrogens with zero attached hydrogens (tertiary/aromatic N) is 3. The van der Waals surface area contributed by atoms with Gasteiger partial charge in [-0.05, 0) is 25.0 Å². The highest BCUT2D eigenvalue weighted by atomic mass is 16.1. The highest BCUT2D eigenvalue weighted by Gasteiger charge is 2.21. The summed E-state index contributed by atoms with van der Waals surface area (Å²) in [6.45, 7) is 6.18. The van der Waals surface area contributed by atoms with Crippen molar-refractivity contribution in [3.8, 4) is 0 Å². The van der Waals surface area contributed by atoms with Crippen LogP contribution in [0.2, 0.25) is 0 Å². The smallest absolute Gasteiger partial charge is 0.223 e. The van der Waals surface area contributed by atoms with Crippen molar-refractivity contribution >= 4 is 11.6 Å². The van der Waals surface area contributed by atoms with E-state index in [-0.39, 0.29) is 17.9 Å². The van der Waals surface area contributed by atoms with Gasteiger partial charge in [0.25, 0.3) is 0 Å². The summed E-state index contributed by atoms with van der Waals surface area (Å²) in [6, 6.07) is 5.72. The molecule has 1 amide bonds. The molecule has 2 atom stereocenters. The first-order chi connectivity index (χ1) is 10.2. The predicted octanol–water partition coefficient (Wildman–Crippen LogP) is 3.12. The molecule has 2 aromatic rings. The number of aromatic nitrogens is 3. The monoisotopic (exact) mass is 288 g/mol. The van der Waals surface area contributed by atoms with E-state index in [1.165, 1.54) is 0 Å². The summed E-state index contributed by atoms with van der Waals surface area (Å²) in [6.07, 6.45) is 5.70. The molecule has 0 radical (unpaired) electrons. The first-order valence-corrected chi connectivity index (χ1v) is 7.77. The Balaban J connectivity index is 2.20. The average Bonchev–Trinajstić information content (AvgIpc) is 2.91. The number of pyridine rings is 1. The standard InChI is InChI=1S/C16H24N4O/c1-4-8-12(3)16(21)17-13(9-5-2)15-19-18-14-10-6-7-11-20(14)15/h6-7,10-13H,4-5,8-9H2,1-3H3,(H,17,21)/t12-,13+/m1/s1. The minimum absolute atomic E-state index is 0.0357. The van der Waals surface area contributed by atoms with Gasteiger partial charge in [-0.2, -0.15) is 0 Å². The molecule has 2 aromatic heterocycles. The topological polar surface area (TPSA) is 59.3 Å². The average molecular weight is 288 g/mol. The van der Waals surface area contributed by atoms with Crippen LogP contribution in [0.3, 0.4) is 0 Å². The van der Waals surface area contributed by atoms with E-state index in [1.807, 2.05) is 35.7 Å². The third kappa shape index (κ3) is 3.60. The number of fused-ring (bicyclic) bond motifs is 1. The summed E-state index contributed by atoms with van der Waals surface area (Å²) >= 11 is 0.